The van der Waals surface area contributed by atoms with Gasteiger partial charge in [0.25, 0.3) is 0 Å². The highest BCUT2D eigenvalue weighted by molar-refractivity contribution is 7.26. The topological polar surface area (TPSA) is 62.4 Å². The Labute approximate surface area is 403 Å². The highest BCUT2D eigenvalue weighted by Crippen LogP contribution is 2.51. The van der Waals surface area contributed by atoms with Gasteiger partial charge in [0.15, 0.2) is 0 Å². The van der Waals surface area contributed by atoms with E-state index in [0.29, 0.717) is 16.8 Å². The molecule has 69 heavy (non-hydrogen) atoms. The number of fused-ring (bicyclic) bond motifs is 15. The quantitative estimate of drug-likeness (QED) is 0.177. The van der Waals surface area contributed by atoms with E-state index in [2.05, 4.69) is 214 Å². The summed E-state index contributed by atoms with van der Waals surface area (Å²) in [5.74, 6) is 0. The number of hydrogen-bond donors (Lipinski definition) is 0. The molecule has 5 aromatic heterocycles. The van der Waals surface area contributed by atoms with Crippen molar-refractivity contribution >= 4 is 124 Å². The van der Waals surface area contributed by atoms with Gasteiger partial charge in [-0.05, 0) is 90.7 Å². The van der Waals surface area contributed by atoms with Gasteiger partial charge in [-0.25, -0.2) is 0 Å². The lowest BCUT2D eigenvalue weighted by atomic mass is 9.90. The lowest BCUT2D eigenvalue weighted by Gasteiger charge is -2.27. The summed E-state index contributed by atoms with van der Waals surface area (Å²) in [5.41, 5.74) is 11.8. The summed E-state index contributed by atoms with van der Waals surface area (Å²) in [6.45, 7) is 0. The lowest BCUT2D eigenvalue weighted by Crippen LogP contribution is -2.14. The number of allylic oxidation sites excluding steroid dienone is 1. The summed E-state index contributed by atoms with van der Waals surface area (Å²) in [5, 5.41) is 34.8. The van der Waals surface area contributed by atoms with Crippen LogP contribution >= 0.6 is 22.7 Å². The number of aryl methyl sites for hydroxylation is 1. The van der Waals surface area contributed by atoms with Gasteiger partial charge >= 0.3 is 0 Å². The van der Waals surface area contributed by atoms with Gasteiger partial charge in [-0.2, -0.15) is 10.5 Å². The fraction of sp³-hybridized carbons (Fsp3) is 0.0323. The molecule has 0 aliphatic heterocycles. The van der Waals surface area contributed by atoms with Gasteiger partial charge in [-0.15, -0.1) is 22.7 Å². The zero-order valence-electron chi connectivity index (χ0n) is 36.9. The SMILES string of the molecule is N#Cc1c(-n2c3c(c4ccccc42)CCC=C3)c(-c2ccc3sc4ccccc4c3c2)c(-n2c3ccccc3c3ccccc32)c(C#N)c1-n1c2ccccc2c2cc3c(cc21)sc1ccccc13. The van der Waals surface area contributed by atoms with E-state index in [1.165, 1.54) is 41.2 Å². The van der Waals surface area contributed by atoms with E-state index in [-0.39, 0.29) is 0 Å². The second kappa shape index (κ2) is 14.4. The minimum absolute atomic E-state index is 0.423. The maximum Gasteiger partial charge on any atom is 0.104 e. The van der Waals surface area contributed by atoms with Crippen molar-refractivity contribution < 1.29 is 0 Å². The van der Waals surface area contributed by atoms with Crippen LogP contribution in [0.5, 0.6) is 0 Å². The van der Waals surface area contributed by atoms with Crippen molar-refractivity contribution in [3.8, 4) is 40.3 Å². The Morgan fingerprint density at radius 1 is 0.391 bits per heavy atom. The molecule has 14 aromatic rings. The van der Waals surface area contributed by atoms with Gasteiger partial charge in [0.2, 0.25) is 0 Å². The van der Waals surface area contributed by atoms with E-state index in [1.807, 2.05) is 0 Å². The molecule has 7 heteroatoms. The van der Waals surface area contributed by atoms with Crippen LogP contribution in [0.3, 0.4) is 0 Å². The van der Waals surface area contributed by atoms with Crippen LogP contribution in [0.15, 0.2) is 182 Å². The summed E-state index contributed by atoms with van der Waals surface area (Å²) in [6.07, 6.45) is 6.31. The molecule has 5 nitrogen and oxygen atoms in total. The van der Waals surface area contributed by atoms with E-state index >= 15 is 0 Å². The van der Waals surface area contributed by atoms with E-state index in [4.69, 9.17) is 0 Å². The van der Waals surface area contributed by atoms with Crippen molar-refractivity contribution in [1.82, 2.24) is 13.7 Å². The van der Waals surface area contributed by atoms with E-state index in [0.717, 1.165) is 100 Å². The molecule has 0 bridgehead atoms. The normalized spacial score (nSPS) is 12.7. The van der Waals surface area contributed by atoms with Crippen molar-refractivity contribution in [2.45, 2.75) is 12.8 Å². The summed E-state index contributed by atoms with van der Waals surface area (Å²) < 4.78 is 11.7. The largest absolute Gasteiger partial charge is 0.307 e. The molecule has 0 saturated carbocycles. The molecule has 9 aromatic carbocycles. The van der Waals surface area contributed by atoms with Gasteiger partial charge in [0.1, 0.15) is 23.3 Å². The Morgan fingerprint density at radius 2 is 0.870 bits per heavy atom. The molecule has 1 aliphatic carbocycles. The van der Waals surface area contributed by atoms with Gasteiger partial charge in [-0.3, -0.25) is 0 Å². The monoisotopic (exact) mass is 913 g/mol. The number of rotatable bonds is 4. The van der Waals surface area contributed by atoms with Crippen molar-refractivity contribution in [2.24, 2.45) is 0 Å². The number of nitriles is 2. The fourth-order valence-electron chi connectivity index (χ4n) is 11.8. The van der Waals surface area contributed by atoms with Crippen LogP contribution in [0.1, 0.15) is 28.8 Å². The molecule has 0 fully saturated rings. The Balaban J connectivity index is 1.23. The predicted octanol–water partition coefficient (Wildman–Crippen LogP) is 16.9. The van der Waals surface area contributed by atoms with Crippen molar-refractivity contribution in [2.75, 3.05) is 0 Å². The molecule has 320 valence electrons. The standard InChI is InChI=1S/C62H35N5S2/c63-34-47-60(67-53-26-12-5-19-41(53)44-32-46-43-21-7-14-28-56(43)69-58(46)33-54(44)67)48(35-64)62(66-51-24-10-3-17-39(51)40-18-4-11-25-52(40)66)59(36-29-30-57-45(31-36)42-20-6-13-27-55(42)68-57)61(47)65-49-22-8-1-15-37(49)38-16-2-9-23-50(38)65/h1-3,5-17,19-33H,4,18H2. The van der Waals surface area contributed by atoms with Crippen molar-refractivity contribution in [3.05, 3.63) is 204 Å². The van der Waals surface area contributed by atoms with Gasteiger partial charge in [0.05, 0.1) is 44.6 Å². The first-order valence-electron chi connectivity index (χ1n) is 23.3. The first-order valence-corrected chi connectivity index (χ1v) is 24.9. The first-order chi connectivity index (χ1) is 34.2. The predicted molar refractivity (Wildman–Crippen MR) is 290 cm³/mol. The van der Waals surface area contributed by atoms with Crippen LogP contribution in [0, 0.1) is 22.7 Å². The molecule has 0 radical (unpaired) electrons. The number of thiophene rings is 2. The van der Waals surface area contributed by atoms with Crippen LogP contribution < -0.4 is 0 Å². The third-order valence-electron chi connectivity index (χ3n) is 14.6. The number of benzene rings is 9. The summed E-state index contributed by atoms with van der Waals surface area (Å²) in [7, 11) is 0. The third-order valence-corrected chi connectivity index (χ3v) is 16.9. The molecule has 0 spiro atoms. The molecule has 0 saturated heterocycles. The van der Waals surface area contributed by atoms with Crippen molar-refractivity contribution in [1.29, 1.82) is 10.5 Å². The van der Waals surface area contributed by atoms with Gasteiger partial charge in [-0.1, -0.05) is 121 Å². The Morgan fingerprint density at radius 3 is 1.49 bits per heavy atom. The maximum absolute atomic E-state index is 12.3. The van der Waals surface area contributed by atoms with Crippen LogP contribution in [0.25, 0.3) is 129 Å². The zero-order chi connectivity index (χ0) is 45.5. The van der Waals surface area contributed by atoms with Gasteiger partial charge in [0, 0.05) is 78.5 Å². The van der Waals surface area contributed by atoms with E-state index in [1.54, 1.807) is 22.7 Å². The molecule has 1 aliphatic rings. The Kier molecular flexibility index (Phi) is 8.01. The second-order valence-corrected chi connectivity index (χ2v) is 20.2. The lowest BCUT2D eigenvalue weighted by molar-refractivity contribution is 0.963. The smallest absolute Gasteiger partial charge is 0.104 e. The molecular weight excluding hydrogens is 879 g/mol. The summed E-state index contributed by atoms with van der Waals surface area (Å²) >= 11 is 3.56. The number of hydrogen-bond acceptors (Lipinski definition) is 4. The fourth-order valence-corrected chi connectivity index (χ4v) is 14.0. The molecule has 0 atom stereocenters. The number of aromatic nitrogens is 3. The third kappa shape index (κ3) is 5.21. The summed E-state index contributed by atoms with van der Waals surface area (Å²) in [6, 6.07) is 68.5. The highest BCUT2D eigenvalue weighted by atomic mass is 32.1. The van der Waals surface area contributed by atoms with Crippen LogP contribution in [-0.2, 0) is 6.42 Å². The van der Waals surface area contributed by atoms with Crippen LogP contribution in [-0.4, -0.2) is 13.7 Å². The maximum atomic E-state index is 12.3. The van der Waals surface area contributed by atoms with E-state index in [9.17, 15) is 10.5 Å². The van der Waals surface area contributed by atoms with Crippen LogP contribution in [0.2, 0.25) is 0 Å². The Hall–Kier alpha value is -8.72. The molecule has 15 rings (SSSR count). The zero-order valence-corrected chi connectivity index (χ0v) is 38.5. The molecule has 5 heterocycles. The molecular formula is C62H35N5S2. The molecule has 0 amide bonds. The average Bonchev–Trinajstić information content (AvgIpc) is 4.21. The van der Waals surface area contributed by atoms with Crippen LogP contribution in [0.4, 0.5) is 0 Å². The Bertz CT molecular complexity index is 4650. The van der Waals surface area contributed by atoms with E-state index < -0.39 is 0 Å². The number of para-hydroxylation sites is 4. The molecule has 0 unspecified atom stereocenters. The van der Waals surface area contributed by atoms with Gasteiger partial charge < -0.3 is 13.7 Å². The van der Waals surface area contributed by atoms with Crippen molar-refractivity contribution in [3.63, 3.8) is 0 Å². The minimum atomic E-state index is 0.423. The number of nitrogens with zero attached hydrogens (tertiary/aromatic N) is 5. The average molecular weight is 914 g/mol. The minimum Gasteiger partial charge on any atom is -0.307 e. The second-order valence-electron chi connectivity index (χ2n) is 18.0. The first kappa shape index (κ1) is 38.4. The highest BCUT2D eigenvalue weighted by Gasteiger charge is 2.34. The molecule has 0 N–H and O–H groups in total. The summed E-state index contributed by atoms with van der Waals surface area (Å²) in [4.78, 5) is 0.